The zero-order valence-corrected chi connectivity index (χ0v) is 16.6. The molecule has 8 heteroatoms. The number of carbonyl (C=O) groups excluding carboxylic acids is 1. The van der Waals surface area contributed by atoms with Gasteiger partial charge in [0.05, 0.1) is 19.0 Å². The molecule has 3 rings (SSSR count). The largest absolute Gasteiger partial charge is 0.497 e. The second kappa shape index (κ2) is 8.69. The van der Waals surface area contributed by atoms with E-state index in [1.54, 1.807) is 22.9 Å². The minimum atomic E-state index is 0.0536. The van der Waals surface area contributed by atoms with E-state index in [1.807, 2.05) is 51.4 Å². The SMILES string of the molecule is COc1ccc(-c2noc(CCCC(=O)N(c3cnn(C)c3)C(C)C)n2)cc1. The van der Waals surface area contributed by atoms with Gasteiger partial charge in [0, 0.05) is 37.7 Å². The van der Waals surface area contributed by atoms with Crippen LogP contribution in [0.2, 0.25) is 0 Å². The van der Waals surface area contributed by atoms with E-state index in [0.717, 1.165) is 17.0 Å². The van der Waals surface area contributed by atoms with Crippen molar-refractivity contribution in [1.82, 2.24) is 19.9 Å². The lowest BCUT2D eigenvalue weighted by Crippen LogP contribution is -2.36. The molecule has 148 valence electrons. The lowest BCUT2D eigenvalue weighted by Gasteiger charge is -2.25. The van der Waals surface area contributed by atoms with Gasteiger partial charge in [-0.3, -0.25) is 9.48 Å². The minimum absolute atomic E-state index is 0.0536. The maximum atomic E-state index is 12.7. The Morgan fingerprint density at radius 2 is 2.04 bits per heavy atom. The fourth-order valence-corrected chi connectivity index (χ4v) is 2.99. The molecular weight excluding hydrogens is 358 g/mol. The fourth-order valence-electron chi connectivity index (χ4n) is 2.99. The molecule has 0 N–H and O–H groups in total. The van der Waals surface area contributed by atoms with Crippen molar-refractivity contribution >= 4 is 11.6 Å². The predicted octanol–water partition coefficient (Wildman–Crippen LogP) is 3.24. The van der Waals surface area contributed by atoms with Gasteiger partial charge in [0.1, 0.15) is 5.75 Å². The lowest BCUT2D eigenvalue weighted by atomic mass is 10.2. The molecule has 0 saturated heterocycles. The first-order valence-electron chi connectivity index (χ1n) is 9.25. The van der Waals surface area contributed by atoms with Gasteiger partial charge >= 0.3 is 0 Å². The van der Waals surface area contributed by atoms with Crippen LogP contribution < -0.4 is 9.64 Å². The maximum Gasteiger partial charge on any atom is 0.227 e. The van der Waals surface area contributed by atoms with Gasteiger partial charge in [0.15, 0.2) is 0 Å². The molecule has 1 amide bonds. The molecule has 0 fully saturated rings. The van der Waals surface area contributed by atoms with Crippen LogP contribution in [0.1, 0.15) is 32.6 Å². The first-order chi connectivity index (χ1) is 13.5. The summed E-state index contributed by atoms with van der Waals surface area (Å²) in [7, 11) is 3.46. The van der Waals surface area contributed by atoms with Crippen molar-refractivity contribution < 1.29 is 14.1 Å². The second-order valence-corrected chi connectivity index (χ2v) is 6.82. The summed E-state index contributed by atoms with van der Waals surface area (Å²) in [5.74, 6) is 1.88. The van der Waals surface area contributed by atoms with Gasteiger partial charge in [-0.05, 0) is 44.5 Å². The third-order valence-electron chi connectivity index (χ3n) is 4.35. The number of aryl methyl sites for hydroxylation is 2. The average molecular weight is 383 g/mol. The van der Waals surface area contributed by atoms with Gasteiger partial charge in [0.2, 0.25) is 17.6 Å². The van der Waals surface area contributed by atoms with Crippen LogP contribution in [0.15, 0.2) is 41.2 Å². The normalized spacial score (nSPS) is 11.0. The standard InChI is InChI=1S/C20H25N5O3/c1-14(2)25(16-12-21-24(3)13-16)19(26)7-5-6-18-22-20(23-28-18)15-8-10-17(27-4)11-9-15/h8-14H,5-7H2,1-4H3. The van der Waals surface area contributed by atoms with Gasteiger partial charge in [-0.2, -0.15) is 10.1 Å². The maximum absolute atomic E-state index is 12.7. The molecule has 2 heterocycles. The Hall–Kier alpha value is -3.16. The first-order valence-corrected chi connectivity index (χ1v) is 9.25. The van der Waals surface area contributed by atoms with Crippen LogP contribution >= 0.6 is 0 Å². The van der Waals surface area contributed by atoms with Crippen molar-refractivity contribution in [2.45, 2.75) is 39.2 Å². The van der Waals surface area contributed by atoms with Gasteiger partial charge in [-0.25, -0.2) is 0 Å². The Kier molecular flexibility index (Phi) is 6.08. The highest BCUT2D eigenvalue weighted by Crippen LogP contribution is 2.21. The van der Waals surface area contributed by atoms with Gasteiger partial charge in [-0.15, -0.1) is 0 Å². The highest BCUT2D eigenvalue weighted by atomic mass is 16.5. The number of anilines is 1. The minimum Gasteiger partial charge on any atom is -0.497 e. The molecule has 0 atom stereocenters. The molecular formula is C20H25N5O3. The number of ether oxygens (including phenoxy) is 1. The Labute approximate surface area is 164 Å². The van der Waals surface area contributed by atoms with Gasteiger partial charge in [-0.1, -0.05) is 5.16 Å². The van der Waals surface area contributed by atoms with Crippen LogP contribution in [0.3, 0.4) is 0 Å². The number of methoxy groups -OCH3 is 1. The van der Waals surface area contributed by atoms with Crippen LogP contribution in [0.4, 0.5) is 5.69 Å². The lowest BCUT2D eigenvalue weighted by molar-refractivity contribution is -0.119. The van der Waals surface area contributed by atoms with E-state index in [2.05, 4.69) is 15.2 Å². The fraction of sp³-hybridized carbons (Fsp3) is 0.400. The average Bonchev–Trinajstić information content (AvgIpc) is 3.31. The van der Waals surface area contributed by atoms with E-state index in [0.29, 0.717) is 31.0 Å². The highest BCUT2D eigenvalue weighted by Gasteiger charge is 2.20. The summed E-state index contributed by atoms with van der Waals surface area (Å²) in [6.45, 7) is 3.98. The molecule has 2 aromatic heterocycles. The van der Waals surface area contributed by atoms with Crippen molar-refractivity contribution in [2.75, 3.05) is 12.0 Å². The number of hydrogen-bond acceptors (Lipinski definition) is 6. The van der Waals surface area contributed by atoms with Crippen LogP contribution in [-0.2, 0) is 18.3 Å². The zero-order valence-electron chi connectivity index (χ0n) is 16.6. The second-order valence-electron chi connectivity index (χ2n) is 6.82. The topological polar surface area (TPSA) is 86.3 Å². The van der Waals surface area contributed by atoms with Crippen molar-refractivity contribution in [3.8, 4) is 17.1 Å². The van der Waals surface area contributed by atoms with E-state index >= 15 is 0 Å². The Morgan fingerprint density at radius 1 is 1.29 bits per heavy atom. The number of nitrogens with zero attached hydrogens (tertiary/aromatic N) is 5. The molecule has 0 radical (unpaired) electrons. The molecule has 3 aromatic rings. The van der Waals surface area contributed by atoms with Crippen molar-refractivity contribution in [2.24, 2.45) is 7.05 Å². The summed E-state index contributed by atoms with van der Waals surface area (Å²) in [4.78, 5) is 18.9. The van der Waals surface area contributed by atoms with Crippen LogP contribution in [0.25, 0.3) is 11.4 Å². The van der Waals surface area contributed by atoms with Crippen molar-refractivity contribution in [3.63, 3.8) is 0 Å². The first kappa shape index (κ1) is 19.6. The molecule has 0 bridgehead atoms. The monoisotopic (exact) mass is 383 g/mol. The molecule has 0 unspecified atom stereocenters. The summed E-state index contributed by atoms with van der Waals surface area (Å²) in [6.07, 6.45) is 5.13. The Bertz CT molecular complexity index is 914. The molecule has 0 aliphatic heterocycles. The van der Waals surface area contributed by atoms with E-state index in [9.17, 15) is 4.79 Å². The van der Waals surface area contributed by atoms with Gasteiger partial charge < -0.3 is 14.2 Å². The highest BCUT2D eigenvalue weighted by molar-refractivity contribution is 5.93. The molecule has 0 aliphatic rings. The number of aromatic nitrogens is 4. The number of hydrogen-bond donors (Lipinski definition) is 0. The quantitative estimate of drug-likeness (QED) is 0.593. The van der Waals surface area contributed by atoms with Crippen molar-refractivity contribution in [1.29, 1.82) is 0 Å². The molecule has 8 nitrogen and oxygen atoms in total. The summed E-state index contributed by atoms with van der Waals surface area (Å²) in [6, 6.07) is 7.52. The Morgan fingerprint density at radius 3 is 2.64 bits per heavy atom. The van der Waals surface area contributed by atoms with E-state index < -0.39 is 0 Å². The summed E-state index contributed by atoms with van der Waals surface area (Å²) >= 11 is 0. The van der Waals surface area contributed by atoms with Crippen LogP contribution in [0.5, 0.6) is 5.75 Å². The van der Waals surface area contributed by atoms with Gasteiger partial charge in [0.25, 0.3) is 0 Å². The zero-order chi connectivity index (χ0) is 20.1. The smallest absolute Gasteiger partial charge is 0.227 e. The molecule has 0 saturated carbocycles. The third-order valence-corrected chi connectivity index (χ3v) is 4.35. The van der Waals surface area contributed by atoms with E-state index in [1.165, 1.54) is 0 Å². The third kappa shape index (κ3) is 4.57. The number of benzene rings is 1. The number of amides is 1. The van der Waals surface area contributed by atoms with Crippen LogP contribution in [-0.4, -0.2) is 39.0 Å². The van der Waals surface area contributed by atoms with Crippen LogP contribution in [0, 0.1) is 0 Å². The predicted molar refractivity (Wildman–Crippen MR) is 105 cm³/mol. The number of carbonyl (C=O) groups is 1. The summed E-state index contributed by atoms with van der Waals surface area (Å²) in [5.41, 5.74) is 1.66. The van der Waals surface area contributed by atoms with E-state index in [4.69, 9.17) is 9.26 Å². The van der Waals surface area contributed by atoms with E-state index in [-0.39, 0.29) is 11.9 Å². The molecule has 0 spiro atoms. The summed E-state index contributed by atoms with van der Waals surface area (Å²) < 4.78 is 12.2. The molecule has 0 aliphatic carbocycles. The summed E-state index contributed by atoms with van der Waals surface area (Å²) in [5, 5.41) is 8.17. The number of rotatable bonds is 8. The molecule has 1 aromatic carbocycles. The molecule has 28 heavy (non-hydrogen) atoms. The van der Waals surface area contributed by atoms with Crippen molar-refractivity contribution in [3.05, 3.63) is 42.5 Å². The Balaban J connectivity index is 1.57.